The highest BCUT2D eigenvalue weighted by Gasteiger charge is 1.98. The van der Waals surface area contributed by atoms with Crippen LogP contribution in [0.1, 0.15) is 5.56 Å². The van der Waals surface area contributed by atoms with E-state index in [2.05, 4.69) is 0 Å². The Kier molecular flexibility index (Phi) is 2.73. The SMILES string of the molecule is N#C/C(=C/O)c1ccc(Cl)cc1. The summed E-state index contributed by atoms with van der Waals surface area (Å²) >= 11 is 5.64. The van der Waals surface area contributed by atoms with Crippen molar-refractivity contribution in [2.75, 3.05) is 0 Å². The summed E-state index contributed by atoms with van der Waals surface area (Å²) in [5, 5.41) is 17.8. The molecule has 0 spiro atoms. The van der Waals surface area contributed by atoms with Crippen molar-refractivity contribution in [2.24, 2.45) is 0 Å². The minimum absolute atomic E-state index is 0.228. The topological polar surface area (TPSA) is 44.0 Å². The molecule has 0 aliphatic rings. The first kappa shape index (κ1) is 8.63. The number of benzene rings is 1. The van der Waals surface area contributed by atoms with Gasteiger partial charge in [-0.25, -0.2) is 0 Å². The lowest BCUT2D eigenvalue weighted by Gasteiger charge is -1.95. The molecule has 0 bridgehead atoms. The lowest BCUT2D eigenvalue weighted by molar-refractivity contribution is 0.476. The molecule has 1 N–H and O–H groups in total. The monoisotopic (exact) mass is 179 g/mol. The van der Waals surface area contributed by atoms with Crippen LogP contribution in [0, 0.1) is 11.3 Å². The zero-order chi connectivity index (χ0) is 8.97. The molecule has 1 aromatic carbocycles. The van der Waals surface area contributed by atoms with E-state index in [4.69, 9.17) is 22.0 Å². The first-order chi connectivity index (χ1) is 5.77. The van der Waals surface area contributed by atoms with E-state index in [1.807, 2.05) is 6.07 Å². The lowest BCUT2D eigenvalue weighted by atomic mass is 10.1. The zero-order valence-corrected chi connectivity index (χ0v) is 6.92. The van der Waals surface area contributed by atoms with E-state index in [1.165, 1.54) is 0 Å². The van der Waals surface area contributed by atoms with Crippen LogP contribution in [0.25, 0.3) is 5.57 Å². The second-order valence-electron chi connectivity index (χ2n) is 2.16. The Hall–Kier alpha value is -1.46. The average Bonchev–Trinajstić information content (AvgIpc) is 2.10. The maximum absolute atomic E-state index is 8.63. The van der Waals surface area contributed by atoms with Crippen LogP contribution in [0.3, 0.4) is 0 Å². The molecule has 3 heteroatoms. The van der Waals surface area contributed by atoms with Gasteiger partial charge < -0.3 is 5.11 Å². The molecule has 0 aliphatic heterocycles. The van der Waals surface area contributed by atoms with Crippen molar-refractivity contribution < 1.29 is 5.11 Å². The summed E-state index contributed by atoms with van der Waals surface area (Å²) in [6.07, 6.45) is 0.781. The van der Waals surface area contributed by atoms with E-state index in [0.717, 1.165) is 6.26 Å². The Morgan fingerprint density at radius 1 is 1.42 bits per heavy atom. The minimum atomic E-state index is 0.228. The van der Waals surface area contributed by atoms with Crippen molar-refractivity contribution in [3.8, 4) is 6.07 Å². The predicted octanol–water partition coefficient (Wildman–Crippen LogP) is 2.76. The highest BCUT2D eigenvalue weighted by Crippen LogP contribution is 2.15. The first-order valence-corrected chi connectivity index (χ1v) is 3.66. The van der Waals surface area contributed by atoms with E-state index in [9.17, 15) is 0 Å². The number of allylic oxidation sites excluding steroid dienone is 1. The van der Waals surface area contributed by atoms with Gasteiger partial charge in [0.15, 0.2) is 0 Å². The molecule has 0 unspecified atom stereocenters. The van der Waals surface area contributed by atoms with Crippen LogP contribution >= 0.6 is 11.6 Å². The Balaban J connectivity index is 3.06. The molecule has 0 fully saturated rings. The number of nitrogens with zero attached hydrogens (tertiary/aromatic N) is 1. The molecular formula is C9H6ClNO. The standard InChI is InChI=1S/C9H6ClNO/c10-9-3-1-7(2-4-9)8(5-11)6-12/h1-4,6,12H/b8-6-. The summed E-state index contributed by atoms with van der Waals surface area (Å²) in [6.45, 7) is 0. The predicted molar refractivity (Wildman–Crippen MR) is 47.7 cm³/mol. The van der Waals surface area contributed by atoms with Crippen molar-refractivity contribution >= 4 is 17.2 Å². The van der Waals surface area contributed by atoms with Crippen LogP contribution in [0.4, 0.5) is 0 Å². The Morgan fingerprint density at radius 3 is 2.42 bits per heavy atom. The summed E-state index contributed by atoms with van der Waals surface area (Å²) in [6, 6.07) is 8.53. The van der Waals surface area contributed by atoms with Crippen molar-refractivity contribution in [2.45, 2.75) is 0 Å². The van der Waals surface area contributed by atoms with Crippen molar-refractivity contribution in [3.05, 3.63) is 41.1 Å². The molecule has 0 atom stereocenters. The van der Waals surface area contributed by atoms with Crippen LogP contribution in [-0.2, 0) is 0 Å². The molecule has 60 valence electrons. The Bertz CT molecular complexity index is 335. The van der Waals surface area contributed by atoms with Gasteiger partial charge in [-0.05, 0) is 17.7 Å². The third-order valence-electron chi connectivity index (χ3n) is 1.40. The van der Waals surface area contributed by atoms with Crippen molar-refractivity contribution in [3.63, 3.8) is 0 Å². The van der Waals surface area contributed by atoms with E-state index in [-0.39, 0.29) is 5.57 Å². The second kappa shape index (κ2) is 3.80. The molecule has 0 radical (unpaired) electrons. The fourth-order valence-corrected chi connectivity index (χ4v) is 0.923. The van der Waals surface area contributed by atoms with Crippen LogP contribution in [0.2, 0.25) is 5.02 Å². The molecule has 1 rings (SSSR count). The van der Waals surface area contributed by atoms with Gasteiger partial charge in [-0.1, -0.05) is 23.7 Å². The van der Waals surface area contributed by atoms with Crippen molar-refractivity contribution in [1.29, 1.82) is 5.26 Å². The fourth-order valence-electron chi connectivity index (χ4n) is 0.797. The number of rotatable bonds is 1. The highest BCUT2D eigenvalue weighted by molar-refractivity contribution is 6.30. The summed E-state index contributed by atoms with van der Waals surface area (Å²) in [7, 11) is 0. The van der Waals surface area contributed by atoms with E-state index in [0.29, 0.717) is 10.6 Å². The van der Waals surface area contributed by atoms with Gasteiger partial charge in [0.2, 0.25) is 0 Å². The normalized spacial score (nSPS) is 10.8. The molecule has 12 heavy (non-hydrogen) atoms. The summed E-state index contributed by atoms with van der Waals surface area (Å²) in [4.78, 5) is 0. The Morgan fingerprint density at radius 2 is 2.00 bits per heavy atom. The molecule has 0 saturated heterocycles. The van der Waals surface area contributed by atoms with Gasteiger partial charge in [-0.15, -0.1) is 0 Å². The van der Waals surface area contributed by atoms with Gasteiger partial charge in [-0.3, -0.25) is 0 Å². The number of aliphatic hydroxyl groups is 1. The summed E-state index contributed by atoms with van der Waals surface area (Å²) in [5.74, 6) is 0. The van der Waals surface area contributed by atoms with E-state index < -0.39 is 0 Å². The van der Waals surface area contributed by atoms with Gasteiger partial charge in [0, 0.05) is 5.02 Å². The molecule has 0 aromatic heterocycles. The molecule has 1 aromatic rings. The third-order valence-corrected chi connectivity index (χ3v) is 1.66. The molecule has 2 nitrogen and oxygen atoms in total. The van der Waals surface area contributed by atoms with Crippen LogP contribution in [0.5, 0.6) is 0 Å². The molecule has 0 saturated carbocycles. The number of aliphatic hydroxyl groups excluding tert-OH is 1. The lowest BCUT2D eigenvalue weighted by Crippen LogP contribution is -1.79. The Labute approximate surface area is 75.3 Å². The van der Waals surface area contributed by atoms with Gasteiger partial charge in [-0.2, -0.15) is 5.26 Å². The zero-order valence-electron chi connectivity index (χ0n) is 6.16. The largest absolute Gasteiger partial charge is 0.514 e. The maximum atomic E-state index is 8.63. The van der Waals surface area contributed by atoms with Crippen LogP contribution in [-0.4, -0.2) is 5.11 Å². The van der Waals surface area contributed by atoms with Crippen LogP contribution < -0.4 is 0 Å². The van der Waals surface area contributed by atoms with Gasteiger partial charge in [0.05, 0.1) is 11.8 Å². The molecular weight excluding hydrogens is 174 g/mol. The average molecular weight is 180 g/mol. The van der Waals surface area contributed by atoms with Crippen molar-refractivity contribution in [1.82, 2.24) is 0 Å². The van der Waals surface area contributed by atoms with Gasteiger partial charge in [0.25, 0.3) is 0 Å². The third kappa shape index (κ3) is 1.77. The highest BCUT2D eigenvalue weighted by atomic mass is 35.5. The summed E-state index contributed by atoms with van der Waals surface area (Å²) in [5.41, 5.74) is 0.885. The van der Waals surface area contributed by atoms with Gasteiger partial charge in [0.1, 0.15) is 6.07 Å². The molecule has 0 heterocycles. The number of nitriles is 1. The first-order valence-electron chi connectivity index (χ1n) is 3.28. The number of hydrogen-bond acceptors (Lipinski definition) is 2. The number of hydrogen-bond donors (Lipinski definition) is 1. The second-order valence-corrected chi connectivity index (χ2v) is 2.60. The fraction of sp³-hybridized carbons (Fsp3) is 0. The molecule has 0 aliphatic carbocycles. The maximum Gasteiger partial charge on any atom is 0.103 e. The van der Waals surface area contributed by atoms with E-state index in [1.54, 1.807) is 24.3 Å². The van der Waals surface area contributed by atoms with Crippen LogP contribution in [0.15, 0.2) is 30.5 Å². The molecule has 0 amide bonds. The quantitative estimate of drug-likeness (QED) is 0.532. The van der Waals surface area contributed by atoms with Gasteiger partial charge >= 0.3 is 0 Å². The van der Waals surface area contributed by atoms with E-state index >= 15 is 0 Å². The summed E-state index contributed by atoms with van der Waals surface area (Å²) < 4.78 is 0. The smallest absolute Gasteiger partial charge is 0.103 e. The number of halogens is 1. The minimum Gasteiger partial charge on any atom is -0.514 e.